The van der Waals surface area contributed by atoms with E-state index in [1.807, 2.05) is 18.2 Å². The molecule has 0 fully saturated rings. The molecule has 0 aliphatic carbocycles. The van der Waals surface area contributed by atoms with Crippen LogP contribution in [0.2, 0.25) is 0 Å². The number of carbonyl (C=O) groups excluding carboxylic acids is 1. The van der Waals surface area contributed by atoms with Gasteiger partial charge in [0, 0.05) is 13.1 Å². The van der Waals surface area contributed by atoms with Crippen LogP contribution in [0, 0.1) is 0 Å². The summed E-state index contributed by atoms with van der Waals surface area (Å²) >= 11 is 0. The van der Waals surface area contributed by atoms with E-state index in [-0.39, 0.29) is 10.9 Å². The maximum atomic E-state index is 11.8. The molecule has 4 N–H and O–H groups in total. The summed E-state index contributed by atoms with van der Waals surface area (Å²) in [6, 6.07) is 16.3. The summed E-state index contributed by atoms with van der Waals surface area (Å²) in [4.78, 5) is 11.9. The Kier molecular flexibility index (Phi) is 7.17. The number of carbonyl (C=O) groups is 1. The van der Waals surface area contributed by atoms with Gasteiger partial charge >= 0.3 is 6.03 Å². The van der Waals surface area contributed by atoms with Crippen LogP contribution in [0.4, 0.5) is 4.79 Å². The quantitative estimate of drug-likeness (QED) is 0.660. The highest BCUT2D eigenvalue weighted by molar-refractivity contribution is 7.89. The van der Waals surface area contributed by atoms with E-state index in [0.29, 0.717) is 25.4 Å². The Morgan fingerprint density at radius 3 is 2.23 bits per heavy atom. The van der Waals surface area contributed by atoms with Crippen LogP contribution in [0.25, 0.3) is 0 Å². The van der Waals surface area contributed by atoms with Crippen molar-refractivity contribution in [1.82, 2.24) is 10.6 Å². The highest BCUT2D eigenvalue weighted by atomic mass is 32.2. The summed E-state index contributed by atoms with van der Waals surface area (Å²) in [7, 11) is -3.67. The summed E-state index contributed by atoms with van der Waals surface area (Å²) in [5.74, 6) is 0.383. The number of hydrogen-bond acceptors (Lipinski definition) is 3. The van der Waals surface area contributed by atoms with E-state index < -0.39 is 10.0 Å². The number of primary sulfonamides is 1. The lowest BCUT2D eigenvalue weighted by Gasteiger charge is -2.13. The van der Waals surface area contributed by atoms with Crippen molar-refractivity contribution in [3.05, 3.63) is 65.7 Å². The fourth-order valence-corrected chi connectivity index (χ4v) is 3.09. The summed E-state index contributed by atoms with van der Waals surface area (Å²) in [5, 5.41) is 10.7. The lowest BCUT2D eigenvalue weighted by Crippen LogP contribution is -2.37. The van der Waals surface area contributed by atoms with Gasteiger partial charge in [0.1, 0.15) is 0 Å². The zero-order chi connectivity index (χ0) is 19.0. The molecule has 0 radical (unpaired) electrons. The highest BCUT2D eigenvalue weighted by Crippen LogP contribution is 2.17. The molecule has 7 heteroatoms. The third-order valence-corrected chi connectivity index (χ3v) is 5.11. The first-order valence-corrected chi connectivity index (χ1v) is 10.1. The van der Waals surface area contributed by atoms with Crippen LogP contribution < -0.4 is 15.8 Å². The van der Waals surface area contributed by atoms with Gasteiger partial charge < -0.3 is 10.6 Å². The molecule has 26 heavy (non-hydrogen) atoms. The van der Waals surface area contributed by atoms with Crippen LogP contribution in [-0.2, 0) is 16.4 Å². The molecule has 0 spiro atoms. The molecule has 2 aromatic carbocycles. The summed E-state index contributed by atoms with van der Waals surface area (Å²) in [6.07, 6.45) is 1.48. The predicted molar refractivity (Wildman–Crippen MR) is 102 cm³/mol. The van der Waals surface area contributed by atoms with Crippen molar-refractivity contribution < 1.29 is 13.2 Å². The van der Waals surface area contributed by atoms with Crippen molar-refractivity contribution in [2.75, 3.05) is 13.1 Å². The molecule has 6 nitrogen and oxygen atoms in total. The standard InChI is InChI=1S/C19H25N3O3S/c1-15(17-5-3-2-4-6-17)11-13-21-19(23)22-14-12-16-7-9-18(10-8-16)26(20,24)25/h2-10,15H,11-14H2,1H3,(H2,20,24,25)(H2,21,22,23). The third-order valence-electron chi connectivity index (χ3n) is 4.18. The molecule has 2 amide bonds. The SMILES string of the molecule is CC(CCNC(=O)NCCc1ccc(S(N)(=O)=O)cc1)c1ccccc1. The van der Waals surface area contributed by atoms with Crippen LogP contribution in [0.15, 0.2) is 59.5 Å². The van der Waals surface area contributed by atoms with Gasteiger partial charge in [-0.2, -0.15) is 0 Å². The number of nitrogens with one attached hydrogen (secondary N) is 2. The zero-order valence-corrected chi connectivity index (χ0v) is 15.6. The van der Waals surface area contributed by atoms with Gasteiger partial charge in [-0.3, -0.25) is 0 Å². The van der Waals surface area contributed by atoms with E-state index in [1.165, 1.54) is 17.7 Å². The van der Waals surface area contributed by atoms with Crippen LogP contribution in [0.5, 0.6) is 0 Å². The maximum absolute atomic E-state index is 11.8. The summed E-state index contributed by atoms with van der Waals surface area (Å²) in [5.41, 5.74) is 2.19. The first kappa shape index (κ1) is 19.9. The number of benzene rings is 2. The van der Waals surface area contributed by atoms with E-state index in [9.17, 15) is 13.2 Å². The van der Waals surface area contributed by atoms with Crippen LogP contribution in [0.1, 0.15) is 30.4 Å². The number of hydrogen-bond donors (Lipinski definition) is 3. The number of amides is 2. The second kappa shape index (κ2) is 9.35. The van der Waals surface area contributed by atoms with Crippen LogP contribution >= 0.6 is 0 Å². The fraction of sp³-hybridized carbons (Fsp3) is 0.316. The average Bonchev–Trinajstić information content (AvgIpc) is 2.62. The molecule has 2 aromatic rings. The minimum atomic E-state index is -3.67. The molecule has 140 valence electrons. The Morgan fingerprint density at radius 2 is 1.62 bits per heavy atom. The second-order valence-corrected chi connectivity index (χ2v) is 7.78. The largest absolute Gasteiger partial charge is 0.338 e. The lowest BCUT2D eigenvalue weighted by molar-refractivity contribution is 0.240. The number of nitrogens with two attached hydrogens (primary N) is 1. The van der Waals surface area contributed by atoms with Crippen molar-refractivity contribution in [2.45, 2.75) is 30.6 Å². The molecule has 0 aliphatic heterocycles. The van der Waals surface area contributed by atoms with E-state index >= 15 is 0 Å². The first-order valence-electron chi connectivity index (χ1n) is 8.54. The minimum Gasteiger partial charge on any atom is -0.338 e. The first-order chi connectivity index (χ1) is 12.4. The monoisotopic (exact) mass is 375 g/mol. The molecule has 0 heterocycles. The lowest BCUT2D eigenvalue weighted by atomic mass is 9.98. The van der Waals surface area contributed by atoms with Crippen molar-refractivity contribution in [2.24, 2.45) is 5.14 Å². The van der Waals surface area contributed by atoms with Crippen molar-refractivity contribution in [3.8, 4) is 0 Å². The fourth-order valence-electron chi connectivity index (χ4n) is 2.58. The summed E-state index contributed by atoms with van der Waals surface area (Å²) in [6.45, 7) is 3.21. The van der Waals surface area contributed by atoms with Gasteiger partial charge in [-0.25, -0.2) is 18.4 Å². The van der Waals surface area contributed by atoms with Gasteiger partial charge in [-0.1, -0.05) is 49.4 Å². The maximum Gasteiger partial charge on any atom is 0.314 e. The predicted octanol–water partition coefficient (Wildman–Crippen LogP) is 2.37. The third kappa shape index (κ3) is 6.50. The molecule has 0 aliphatic rings. The second-order valence-electron chi connectivity index (χ2n) is 6.22. The molecule has 0 bridgehead atoms. The van der Waals surface area contributed by atoms with E-state index in [0.717, 1.165) is 12.0 Å². The number of urea groups is 1. The average molecular weight is 375 g/mol. The van der Waals surface area contributed by atoms with Crippen molar-refractivity contribution >= 4 is 16.1 Å². The van der Waals surface area contributed by atoms with Gasteiger partial charge in [0.15, 0.2) is 0 Å². The Hall–Kier alpha value is -2.38. The van der Waals surface area contributed by atoms with Crippen molar-refractivity contribution in [3.63, 3.8) is 0 Å². The molecule has 0 saturated heterocycles. The smallest absolute Gasteiger partial charge is 0.314 e. The Labute approximate surface area is 154 Å². The van der Waals surface area contributed by atoms with Gasteiger partial charge in [0.25, 0.3) is 0 Å². The normalized spacial score (nSPS) is 12.4. The van der Waals surface area contributed by atoms with Gasteiger partial charge in [0.2, 0.25) is 10.0 Å². The molecule has 0 aromatic heterocycles. The van der Waals surface area contributed by atoms with E-state index in [1.54, 1.807) is 12.1 Å². The Morgan fingerprint density at radius 1 is 1.00 bits per heavy atom. The van der Waals surface area contributed by atoms with Gasteiger partial charge in [-0.05, 0) is 42.0 Å². The molecule has 1 unspecified atom stereocenters. The number of rotatable bonds is 8. The molecule has 1 atom stereocenters. The highest BCUT2D eigenvalue weighted by Gasteiger charge is 2.08. The van der Waals surface area contributed by atoms with Gasteiger partial charge in [0.05, 0.1) is 4.90 Å². The van der Waals surface area contributed by atoms with E-state index in [4.69, 9.17) is 5.14 Å². The molecule has 2 rings (SSSR count). The minimum absolute atomic E-state index is 0.0829. The molecular formula is C19H25N3O3S. The summed E-state index contributed by atoms with van der Waals surface area (Å²) < 4.78 is 22.4. The van der Waals surface area contributed by atoms with Gasteiger partial charge in [-0.15, -0.1) is 0 Å². The van der Waals surface area contributed by atoms with Crippen molar-refractivity contribution in [1.29, 1.82) is 0 Å². The molecule has 0 saturated carbocycles. The van der Waals surface area contributed by atoms with Crippen LogP contribution in [-0.4, -0.2) is 27.5 Å². The zero-order valence-electron chi connectivity index (χ0n) is 14.8. The molecular weight excluding hydrogens is 350 g/mol. The number of sulfonamides is 1. The Bertz CT molecular complexity index is 806. The van der Waals surface area contributed by atoms with E-state index in [2.05, 4.69) is 29.7 Å². The Balaban J connectivity index is 1.66. The topological polar surface area (TPSA) is 101 Å². The van der Waals surface area contributed by atoms with Crippen LogP contribution in [0.3, 0.4) is 0 Å².